The Bertz CT molecular complexity index is 254. The van der Waals surface area contributed by atoms with Gasteiger partial charge in [-0.3, -0.25) is 9.69 Å². The number of piperidine rings is 1. The van der Waals surface area contributed by atoms with Crippen LogP contribution in [-0.2, 0) is 4.79 Å². The molecule has 0 bridgehead atoms. The molecular formula is C14H29N3O. The van der Waals surface area contributed by atoms with Crippen LogP contribution in [0.1, 0.15) is 40.5 Å². The summed E-state index contributed by atoms with van der Waals surface area (Å²) in [5.41, 5.74) is -0.136. The zero-order valence-corrected chi connectivity index (χ0v) is 12.4. The van der Waals surface area contributed by atoms with Crippen molar-refractivity contribution in [1.29, 1.82) is 0 Å². The van der Waals surface area contributed by atoms with Gasteiger partial charge in [0, 0.05) is 12.1 Å². The SMILES string of the molecule is CCN(CC(=O)NC(C)(C)C)CC1CCCNC1. The summed E-state index contributed by atoms with van der Waals surface area (Å²) < 4.78 is 0. The number of nitrogens with one attached hydrogen (secondary N) is 2. The highest BCUT2D eigenvalue weighted by Gasteiger charge is 2.19. The van der Waals surface area contributed by atoms with E-state index in [1.54, 1.807) is 0 Å². The summed E-state index contributed by atoms with van der Waals surface area (Å²) >= 11 is 0. The Hall–Kier alpha value is -0.610. The quantitative estimate of drug-likeness (QED) is 0.776. The van der Waals surface area contributed by atoms with Gasteiger partial charge < -0.3 is 10.6 Å². The highest BCUT2D eigenvalue weighted by molar-refractivity contribution is 5.78. The lowest BCUT2D eigenvalue weighted by atomic mass is 9.99. The third kappa shape index (κ3) is 6.36. The monoisotopic (exact) mass is 255 g/mol. The molecule has 2 N–H and O–H groups in total. The van der Waals surface area contributed by atoms with Gasteiger partial charge in [0.15, 0.2) is 0 Å². The first kappa shape index (κ1) is 15.4. The van der Waals surface area contributed by atoms with E-state index >= 15 is 0 Å². The molecule has 1 amide bonds. The van der Waals surface area contributed by atoms with Crippen LogP contribution in [0.2, 0.25) is 0 Å². The van der Waals surface area contributed by atoms with E-state index in [0.717, 1.165) is 26.2 Å². The molecule has 1 unspecified atom stereocenters. The van der Waals surface area contributed by atoms with Crippen LogP contribution in [0.3, 0.4) is 0 Å². The first-order chi connectivity index (χ1) is 8.40. The minimum atomic E-state index is -0.136. The van der Waals surface area contributed by atoms with Gasteiger partial charge in [-0.25, -0.2) is 0 Å². The Kier molecular flexibility index (Phi) is 6.09. The molecular weight excluding hydrogens is 226 g/mol. The second kappa shape index (κ2) is 7.10. The summed E-state index contributed by atoms with van der Waals surface area (Å²) in [6.07, 6.45) is 2.54. The standard InChI is InChI=1S/C14H29N3O/c1-5-17(10-12-7-6-8-15-9-12)11-13(18)16-14(2,3)4/h12,15H,5-11H2,1-4H3,(H,16,18). The molecule has 0 radical (unpaired) electrons. The van der Waals surface area contributed by atoms with Crippen molar-refractivity contribution >= 4 is 5.91 Å². The second-order valence-electron chi connectivity index (χ2n) is 6.34. The van der Waals surface area contributed by atoms with Crippen molar-refractivity contribution in [2.45, 2.75) is 46.1 Å². The molecule has 0 aliphatic carbocycles. The van der Waals surface area contributed by atoms with E-state index in [-0.39, 0.29) is 11.4 Å². The molecule has 0 aromatic carbocycles. The van der Waals surface area contributed by atoms with Gasteiger partial charge in [0.2, 0.25) is 5.91 Å². The number of hydrogen-bond acceptors (Lipinski definition) is 3. The van der Waals surface area contributed by atoms with Crippen LogP contribution >= 0.6 is 0 Å². The van der Waals surface area contributed by atoms with Gasteiger partial charge in [-0.05, 0) is 59.2 Å². The van der Waals surface area contributed by atoms with Gasteiger partial charge in [-0.15, -0.1) is 0 Å². The smallest absolute Gasteiger partial charge is 0.234 e. The zero-order valence-electron chi connectivity index (χ0n) is 12.4. The van der Waals surface area contributed by atoms with Gasteiger partial charge in [-0.1, -0.05) is 6.92 Å². The Morgan fingerprint density at radius 1 is 1.44 bits per heavy atom. The number of nitrogens with zero attached hydrogens (tertiary/aromatic N) is 1. The van der Waals surface area contributed by atoms with E-state index in [1.807, 2.05) is 20.8 Å². The van der Waals surface area contributed by atoms with Gasteiger partial charge in [-0.2, -0.15) is 0 Å². The lowest BCUT2D eigenvalue weighted by molar-refractivity contribution is -0.123. The minimum Gasteiger partial charge on any atom is -0.350 e. The third-order valence-corrected chi connectivity index (χ3v) is 3.24. The molecule has 18 heavy (non-hydrogen) atoms. The summed E-state index contributed by atoms with van der Waals surface area (Å²) in [5, 5.41) is 6.45. The maximum atomic E-state index is 11.9. The molecule has 1 atom stereocenters. The third-order valence-electron chi connectivity index (χ3n) is 3.24. The van der Waals surface area contributed by atoms with Gasteiger partial charge in [0.25, 0.3) is 0 Å². The van der Waals surface area contributed by atoms with Crippen LogP contribution < -0.4 is 10.6 Å². The number of rotatable bonds is 5. The fraction of sp³-hybridized carbons (Fsp3) is 0.929. The fourth-order valence-electron chi connectivity index (χ4n) is 2.41. The van der Waals surface area contributed by atoms with Crippen molar-refractivity contribution in [3.8, 4) is 0 Å². The van der Waals surface area contributed by atoms with E-state index in [4.69, 9.17) is 0 Å². The molecule has 1 aliphatic heterocycles. The molecule has 4 heteroatoms. The molecule has 1 rings (SSSR count). The van der Waals surface area contributed by atoms with Crippen molar-refractivity contribution in [2.75, 3.05) is 32.7 Å². The summed E-state index contributed by atoms with van der Waals surface area (Å²) in [6.45, 7) is 12.9. The summed E-state index contributed by atoms with van der Waals surface area (Å²) in [6, 6.07) is 0. The number of amides is 1. The molecule has 1 saturated heterocycles. The number of hydrogen-bond donors (Lipinski definition) is 2. The van der Waals surface area contributed by atoms with Gasteiger partial charge in [0.05, 0.1) is 6.54 Å². The van der Waals surface area contributed by atoms with Crippen LogP contribution in [0.25, 0.3) is 0 Å². The van der Waals surface area contributed by atoms with Crippen LogP contribution in [0, 0.1) is 5.92 Å². The Morgan fingerprint density at radius 3 is 2.67 bits per heavy atom. The maximum absolute atomic E-state index is 11.9. The van der Waals surface area contributed by atoms with Crippen LogP contribution in [0.15, 0.2) is 0 Å². The Labute approximate surface area is 111 Å². The summed E-state index contributed by atoms with van der Waals surface area (Å²) in [4.78, 5) is 14.2. The van der Waals surface area contributed by atoms with Crippen LogP contribution in [-0.4, -0.2) is 49.1 Å². The largest absolute Gasteiger partial charge is 0.350 e. The normalized spacial score (nSPS) is 21.1. The predicted octanol–water partition coefficient (Wildman–Crippen LogP) is 1.22. The summed E-state index contributed by atoms with van der Waals surface area (Å²) in [7, 11) is 0. The second-order valence-corrected chi connectivity index (χ2v) is 6.34. The minimum absolute atomic E-state index is 0.133. The van der Waals surface area contributed by atoms with Crippen molar-refractivity contribution in [2.24, 2.45) is 5.92 Å². The predicted molar refractivity (Wildman–Crippen MR) is 75.6 cm³/mol. The lowest BCUT2D eigenvalue weighted by Crippen LogP contribution is -2.47. The van der Waals surface area contributed by atoms with E-state index in [0.29, 0.717) is 12.5 Å². The van der Waals surface area contributed by atoms with Crippen LogP contribution in [0.4, 0.5) is 0 Å². The van der Waals surface area contributed by atoms with E-state index < -0.39 is 0 Å². The average Bonchev–Trinajstić information content (AvgIpc) is 2.27. The molecule has 1 aliphatic rings. The maximum Gasteiger partial charge on any atom is 0.234 e. The number of carbonyl (C=O) groups is 1. The highest BCUT2D eigenvalue weighted by Crippen LogP contribution is 2.11. The van der Waals surface area contributed by atoms with Gasteiger partial charge in [0.1, 0.15) is 0 Å². The van der Waals surface area contributed by atoms with E-state index in [1.165, 1.54) is 12.8 Å². The lowest BCUT2D eigenvalue weighted by Gasteiger charge is -2.30. The molecule has 4 nitrogen and oxygen atoms in total. The molecule has 0 spiro atoms. The van der Waals surface area contributed by atoms with Crippen molar-refractivity contribution in [1.82, 2.24) is 15.5 Å². The summed E-state index contributed by atoms with van der Waals surface area (Å²) in [5.74, 6) is 0.828. The molecule has 1 heterocycles. The van der Waals surface area contributed by atoms with Crippen molar-refractivity contribution in [3.05, 3.63) is 0 Å². The average molecular weight is 255 g/mol. The van der Waals surface area contributed by atoms with Gasteiger partial charge >= 0.3 is 0 Å². The molecule has 0 saturated carbocycles. The molecule has 1 fully saturated rings. The highest BCUT2D eigenvalue weighted by atomic mass is 16.2. The molecule has 106 valence electrons. The van der Waals surface area contributed by atoms with Crippen molar-refractivity contribution < 1.29 is 4.79 Å². The first-order valence-electron chi connectivity index (χ1n) is 7.15. The number of likely N-dealkylation sites (N-methyl/N-ethyl adjacent to an activating group) is 1. The van der Waals surface area contributed by atoms with Crippen LogP contribution in [0.5, 0.6) is 0 Å². The molecule has 0 aromatic heterocycles. The Morgan fingerprint density at radius 2 is 2.17 bits per heavy atom. The fourth-order valence-corrected chi connectivity index (χ4v) is 2.41. The van der Waals surface area contributed by atoms with E-state index in [9.17, 15) is 4.79 Å². The number of carbonyl (C=O) groups excluding carboxylic acids is 1. The first-order valence-corrected chi connectivity index (χ1v) is 7.15. The van der Waals surface area contributed by atoms with Crippen molar-refractivity contribution in [3.63, 3.8) is 0 Å². The van der Waals surface area contributed by atoms with E-state index in [2.05, 4.69) is 22.5 Å². The zero-order chi connectivity index (χ0) is 13.6. The Balaban J connectivity index is 2.34. The topological polar surface area (TPSA) is 44.4 Å². The molecule has 0 aromatic rings.